The highest BCUT2D eigenvalue weighted by atomic mass is 16.4. The fourth-order valence-electron chi connectivity index (χ4n) is 3.22. The largest absolute Gasteiger partial charge is 0.494 e. The summed E-state index contributed by atoms with van der Waals surface area (Å²) in [4.78, 5) is 12.4. The van der Waals surface area contributed by atoms with Gasteiger partial charge in [0.05, 0.1) is 0 Å². The van der Waals surface area contributed by atoms with Gasteiger partial charge in [0, 0.05) is 17.7 Å². The monoisotopic (exact) mass is 261 g/mol. The molecule has 3 rings (SSSR count). The van der Waals surface area contributed by atoms with Gasteiger partial charge < -0.3 is 14.6 Å². The average molecular weight is 261 g/mol. The summed E-state index contributed by atoms with van der Waals surface area (Å²) >= 11 is 0. The summed E-state index contributed by atoms with van der Waals surface area (Å²) in [7, 11) is -1.66. The van der Waals surface area contributed by atoms with E-state index >= 15 is 0 Å². The van der Waals surface area contributed by atoms with E-state index in [2.05, 4.69) is 0 Å². The van der Waals surface area contributed by atoms with E-state index in [1.54, 1.807) is 6.07 Å². The molecule has 0 unspecified atom stereocenters. The van der Waals surface area contributed by atoms with E-state index in [9.17, 15) is 14.8 Å². The maximum absolute atomic E-state index is 12.4. The van der Waals surface area contributed by atoms with Crippen LogP contribution in [0.15, 0.2) is 10.9 Å². The van der Waals surface area contributed by atoms with Crippen LogP contribution in [0.3, 0.4) is 0 Å². The summed E-state index contributed by atoms with van der Waals surface area (Å²) < 4.78 is 1.83. The molecule has 2 aliphatic rings. The number of rotatable bonds is 3. The predicted octanol–water partition coefficient (Wildman–Crippen LogP) is 0.207. The van der Waals surface area contributed by atoms with Gasteiger partial charge in [0.1, 0.15) is 0 Å². The molecule has 19 heavy (non-hydrogen) atoms. The van der Waals surface area contributed by atoms with Crippen molar-refractivity contribution in [3.8, 4) is 0 Å². The molecule has 1 saturated carbocycles. The Bertz CT molecular complexity index is 534. The van der Waals surface area contributed by atoms with Crippen molar-refractivity contribution in [2.75, 3.05) is 0 Å². The lowest BCUT2D eigenvalue weighted by Crippen LogP contribution is -2.48. The smallest absolute Gasteiger partial charge is 0.423 e. The molecule has 0 radical (unpaired) electrons. The van der Waals surface area contributed by atoms with Crippen molar-refractivity contribution < 1.29 is 10.0 Å². The minimum absolute atomic E-state index is 0.139. The number of fused-ring (bicyclic) bond motifs is 1. The number of hydrogen-bond donors (Lipinski definition) is 2. The molecule has 0 spiro atoms. The van der Waals surface area contributed by atoms with E-state index < -0.39 is 7.12 Å². The molecule has 1 heterocycles. The molecule has 0 atom stereocenters. The molecule has 5 heteroatoms. The van der Waals surface area contributed by atoms with Crippen LogP contribution in [0.5, 0.6) is 0 Å². The molecule has 2 aliphatic carbocycles. The van der Waals surface area contributed by atoms with Crippen LogP contribution in [0.4, 0.5) is 0 Å². The topological polar surface area (TPSA) is 62.5 Å². The molecule has 0 bridgehead atoms. The summed E-state index contributed by atoms with van der Waals surface area (Å²) in [5.74, 6) is 0.592. The number of aromatic nitrogens is 1. The van der Waals surface area contributed by atoms with Crippen LogP contribution in [0.2, 0.25) is 0 Å². The van der Waals surface area contributed by atoms with Crippen molar-refractivity contribution in [2.45, 2.75) is 51.5 Å². The highest BCUT2D eigenvalue weighted by molar-refractivity contribution is 6.58. The Morgan fingerprint density at radius 3 is 2.58 bits per heavy atom. The molecule has 0 aromatic carbocycles. The highest BCUT2D eigenvalue weighted by Crippen LogP contribution is 2.29. The van der Waals surface area contributed by atoms with E-state index in [1.807, 2.05) is 4.57 Å². The lowest BCUT2D eigenvalue weighted by Gasteiger charge is -2.29. The number of nitrogens with zero attached hydrogens (tertiary/aromatic N) is 1. The van der Waals surface area contributed by atoms with Crippen LogP contribution in [0.1, 0.15) is 43.4 Å². The van der Waals surface area contributed by atoms with Gasteiger partial charge in [0.15, 0.2) is 0 Å². The molecule has 1 aromatic rings. The Kier molecular flexibility index (Phi) is 3.50. The zero-order chi connectivity index (χ0) is 13.4. The zero-order valence-electron chi connectivity index (χ0n) is 11.1. The average Bonchev–Trinajstić information content (AvgIpc) is 2.34. The van der Waals surface area contributed by atoms with Gasteiger partial charge in [-0.05, 0) is 50.0 Å². The summed E-state index contributed by atoms with van der Waals surface area (Å²) in [5.41, 5.74) is 2.20. The fourth-order valence-corrected chi connectivity index (χ4v) is 3.22. The van der Waals surface area contributed by atoms with E-state index in [0.717, 1.165) is 43.5 Å². The van der Waals surface area contributed by atoms with E-state index in [4.69, 9.17) is 0 Å². The maximum Gasteiger partial charge on any atom is 0.494 e. The van der Waals surface area contributed by atoms with E-state index in [1.165, 1.54) is 19.3 Å². The number of aryl methyl sites for hydroxylation is 1. The fraction of sp³-hybridized carbons (Fsp3) is 0.643. The number of pyridine rings is 1. The summed E-state index contributed by atoms with van der Waals surface area (Å²) in [5, 5.41) is 18.8. The van der Waals surface area contributed by atoms with Crippen LogP contribution >= 0.6 is 0 Å². The first kappa shape index (κ1) is 12.9. The molecule has 4 nitrogen and oxygen atoms in total. The zero-order valence-corrected chi connectivity index (χ0v) is 11.1. The van der Waals surface area contributed by atoms with Gasteiger partial charge in [-0.25, -0.2) is 0 Å². The third kappa shape index (κ3) is 2.37. The second kappa shape index (κ2) is 5.14. The Labute approximate surface area is 113 Å². The van der Waals surface area contributed by atoms with Gasteiger partial charge in [-0.15, -0.1) is 0 Å². The number of hydrogen-bond acceptors (Lipinski definition) is 3. The van der Waals surface area contributed by atoms with Crippen molar-refractivity contribution in [3.63, 3.8) is 0 Å². The van der Waals surface area contributed by atoms with E-state index in [0.29, 0.717) is 5.92 Å². The third-order valence-corrected chi connectivity index (χ3v) is 4.57. The minimum Gasteiger partial charge on any atom is -0.423 e. The summed E-state index contributed by atoms with van der Waals surface area (Å²) in [6, 6.07) is 1.71. The highest BCUT2D eigenvalue weighted by Gasteiger charge is 2.26. The Morgan fingerprint density at radius 1 is 1.21 bits per heavy atom. The van der Waals surface area contributed by atoms with Gasteiger partial charge in [0.25, 0.3) is 5.56 Å². The van der Waals surface area contributed by atoms with Gasteiger partial charge in [-0.1, -0.05) is 12.5 Å². The van der Waals surface area contributed by atoms with Crippen LogP contribution in [-0.2, 0) is 19.4 Å². The Hall–Kier alpha value is -1.07. The lowest BCUT2D eigenvalue weighted by atomic mass is 9.78. The van der Waals surface area contributed by atoms with Gasteiger partial charge in [-0.3, -0.25) is 4.79 Å². The van der Waals surface area contributed by atoms with Crippen LogP contribution < -0.4 is 11.0 Å². The second-order valence-electron chi connectivity index (χ2n) is 5.87. The maximum atomic E-state index is 12.4. The second-order valence-corrected chi connectivity index (χ2v) is 5.87. The normalized spacial score (nSPS) is 18.8. The Balaban J connectivity index is 2.06. The summed E-state index contributed by atoms with van der Waals surface area (Å²) in [6.07, 6.45) is 7.76. The van der Waals surface area contributed by atoms with Crippen molar-refractivity contribution in [2.24, 2.45) is 5.92 Å². The van der Waals surface area contributed by atoms with Crippen LogP contribution in [0.25, 0.3) is 0 Å². The molecular weight excluding hydrogens is 241 g/mol. The Morgan fingerprint density at radius 2 is 1.95 bits per heavy atom. The van der Waals surface area contributed by atoms with Crippen molar-refractivity contribution in [1.82, 2.24) is 4.57 Å². The van der Waals surface area contributed by atoms with Crippen LogP contribution in [-0.4, -0.2) is 21.7 Å². The van der Waals surface area contributed by atoms with Gasteiger partial charge >= 0.3 is 7.12 Å². The molecule has 0 saturated heterocycles. The first-order valence-electron chi connectivity index (χ1n) is 7.28. The van der Waals surface area contributed by atoms with Crippen molar-refractivity contribution >= 4 is 12.6 Å². The molecule has 102 valence electrons. The third-order valence-electron chi connectivity index (χ3n) is 4.57. The minimum atomic E-state index is -1.66. The quantitative estimate of drug-likeness (QED) is 0.764. The molecular formula is C14H20BNO3. The first-order chi connectivity index (χ1) is 9.16. The van der Waals surface area contributed by atoms with E-state index in [-0.39, 0.29) is 11.0 Å². The first-order valence-corrected chi connectivity index (χ1v) is 7.28. The van der Waals surface area contributed by atoms with Crippen LogP contribution in [0, 0.1) is 5.92 Å². The summed E-state index contributed by atoms with van der Waals surface area (Å²) in [6.45, 7) is 0.752. The van der Waals surface area contributed by atoms with Gasteiger partial charge in [-0.2, -0.15) is 0 Å². The molecule has 2 N–H and O–H groups in total. The lowest BCUT2D eigenvalue weighted by molar-refractivity contribution is 0.269. The van der Waals surface area contributed by atoms with Gasteiger partial charge in [0.2, 0.25) is 0 Å². The molecule has 1 fully saturated rings. The predicted molar refractivity (Wildman–Crippen MR) is 74.5 cm³/mol. The van der Waals surface area contributed by atoms with Crippen molar-refractivity contribution in [3.05, 3.63) is 27.7 Å². The molecule has 0 aliphatic heterocycles. The standard InChI is InChI=1S/C14H20BNO3/c17-14-12(15(18)19)8-11-6-1-2-7-13(11)16(14)9-10-4-3-5-10/h8,10,18-19H,1-7,9H2. The molecule has 1 aromatic heterocycles. The molecule has 0 amide bonds. The van der Waals surface area contributed by atoms with Crippen molar-refractivity contribution in [1.29, 1.82) is 0 Å². The SMILES string of the molecule is O=c1c(B(O)O)cc2c(n1CC1CCC1)CCCC2.